The van der Waals surface area contributed by atoms with Crippen LogP contribution < -0.4 is 15.0 Å². The molecule has 0 spiro atoms. The van der Waals surface area contributed by atoms with Gasteiger partial charge in [-0.2, -0.15) is 0 Å². The van der Waals surface area contributed by atoms with Crippen LogP contribution in [0.5, 0.6) is 5.75 Å². The number of hydrogen-bond acceptors (Lipinski definition) is 6. The van der Waals surface area contributed by atoms with Gasteiger partial charge >= 0.3 is 5.69 Å². The summed E-state index contributed by atoms with van der Waals surface area (Å²) in [6.45, 7) is 3.70. The van der Waals surface area contributed by atoms with E-state index in [0.717, 1.165) is 31.9 Å². The van der Waals surface area contributed by atoms with E-state index in [2.05, 4.69) is 22.2 Å². The molecule has 0 aliphatic carbocycles. The number of methoxy groups -OCH3 is 1. The monoisotopic (exact) mass is 404 g/mol. The van der Waals surface area contributed by atoms with E-state index in [1.165, 1.54) is 25.3 Å². The minimum atomic E-state index is -0.586. The zero-order chi connectivity index (χ0) is 20.3. The number of rotatable bonds is 5. The summed E-state index contributed by atoms with van der Waals surface area (Å²) < 4.78 is 4.95. The number of ether oxygens (including phenoxy) is 1. The first-order valence-electron chi connectivity index (χ1n) is 8.76. The van der Waals surface area contributed by atoms with Crippen molar-refractivity contribution in [3.63, 3.8) is 0 Å². The largest absolute Gasteiger partial charge is 0.490 e. The number of nitrogens with one attached hydrogen (secondary N) is 1. The normalized spacial score (nSPS) is 14.6. The van der Waals surface area contributed by atoms with E-state index in [-0.39, 0.29) is 17.0 Å². The highest BCUT2D eigenvalue weighted by Gasteiger charge is 2.19. The molecule has 2 aromatic rings. The molecule has 1 fully saturated rings. The number of hydrogen-bond donors (Lipinski definition) is 1. The molecule has 8 nitrogen and oxygen atoms in total. The van der Waals surface area contributed by atoms with Crippen molar-refractivity contribution >= 4 is 34.6 Å². The average Bonchev–Trinajstić information content (AvgIpc) is 2.68. The second-order valence-electron chi connectivity index (χ2n) is 6.55. The predicted octanol–water partition coefficient (Wildman–Crippen LogP) is 3.26. The molecule has 1 heterocycles. The van der Waals surface area contributed by atoms with E-state index in [1.807, 2.05) is 6.07 Å². The van der Waals surface area contributed by atoms with Gasteiger partial charge in [-0.15, -0.1) is 0 Å². The number of carbonyl (C=O) groups is 1. The topological polar surface area (TPSA) is 88.0 Å². The van der Waals surface area contributed by atoms with E-state index < -0.39 is 10.8 Å². The second-order valence-corrected chi connectivity index (χ2v) is 6.96. The van der Waals surface area contributed by atoms with Crippen LogP contribution in [0.15, 0.2) is 36.4 Å². The number of nitrogens with zero attached hydrogens (tertiary/aromatic N) is 3. The van der Waals surface area contributed by atoms with Gasteiger partial charge < -0.3 is 19.9 Å². The summed E-state index contributed by atoms with van der Waals surface area (Å²) in [4.78, 5) is 27.5. The van der Waals surface area contributed by atoms with Crippen molar-refractivity contribution in [2.45, 2.75) is 0 Å². The average molecular weight is 405 g/mol. The molecule has 1 N–H and O–H groups in total. The predicted molar refractivity (Wildman–Crippen MR) is 109 cm³/mol. The maximum absolute atomic E-state index is 12.5. The van der Waals surface area contributed by atoms with Crippen LogP contribution in [0.4, 0.5) is 17.1 Å². The molecular formula is C19H21ClN4O4. The number of carbonyl (C=O) groups excluding carboxylic acids is 1. The lowest BCUT2D eigenvalue weighted by Crippen LogP contribution is -2.44. The summed E-state index contributed by atoms with van der Waals surface area (Å²) in [7, 11) is 3.42. The highest BCUT2D eigenvalue weighted by molar-refractivity contribution is 6.33. The zero-order valence-corrected chi connectivity index (χ0v) is 16.4. The Morgan fingerprint density at radius 2 is 1.89 bits per heavy atom. The number of piperazine rings is 1. The van der Waals surface area contributed by atoms with Crippen LogP contribution >= 0.6 is 11.6 Å². The van der Waals surface area contributed by atoms with Gasteiger partial charge in [-0.1, -0.05) is 11.6 Å². The Labute approximate surface area is 167 Å². The molecule has 2 aromatic carbocycles. The lowest BCUT2D eigenvalue weighted by atomic mass is 10.1. The van der Waals surface area contributed by atoms with Gasteiger partial charge in [0.2, 0.25) is 0 Å². The molecule has 0 atom stereocenters. The van der Waals surface area contributed by atoms with Gasteiger partial charge in [0.05, 0.1) is 22.7 Å². The molecule has 1 saturated heterocycles. The smallest absolute Gasteiger partial charge is 0.311 e. The fourth-order valence-corrected chi connectivity index (χ4v) is 3.37. The van der Waals surface area contributed by atoms with E-state index >= 15 is 0 Å². The van der Waals surface area contributed by atoms with Crippen LogP contribution in [0.2, 0.25) is 5.02 Å². The molecule has 0 radical (unpaired) electrons. The second kappa shape index (κ2) is 8.45. The first kappa shape index (κ1) is 19.9. The van der Waals surface area contributed by atoms with Crippen molar-refractivity contribution in [1.82, 2.24) is 4.90 Å². The number of nitro groups is 1. The number of nitro benzene ring substituents is 1. The van der Waals surface area contributed by atoms with Crippen LogP contribution in [0.25, 0.3) is 0 Å². The summed E-state index contributed by atoms with van der Waals surface area (Å²) in [5.41, 5.74) is 1.34. The molecule has 3 rings (SSSR count). The fraction of sp³-hybridized carbons (Fsp3) is 0.316. The number of likely N-dealkylation sites (N-methyl/N-ethyl adjacent to an activating group) is 1. The molecule has 0 saturated carbocycles. The minimum absolute atomic E-state index is 0.0983. The van der Waals surface area contributed by atoms with Crippen LogP contribution in [-0.4, -0.2) is 56.1 Å². The molecule has 1 amide bonds. The van der Waals surface area contributed by atoms with Crippen molar-refractivity contribution in [2.24, 2.45) is 0 Å². The van der Waals surface area contributed by atoms with Gasteiger partial charge in [0.15, 0.2) is 5.75 Å². The maximum Gasteiger partial charge on any atom is 0.311 e. The van der Waals surface area contributed by atoms with Gasteiger partial charge in [-0.25, -0.2) is 0 Å². The molecule has 0 bridgehead atoms. The number of amides is 1. The van der Waals surface area contributed by atoms with E-state index in [1.54, 1.807) is 12.1 Å². The van der Waals surface area contributed by atoms with Crippen molar-refractivity contribution in [2.75, 3.05) is 50.6 Å². The van der Waals surface area contributed by atoms with Crippen LogP contribution in [-0.2, 0) is 0 Å². The molecule has 0 aromatic heterocycles. The summed E-state index contributed by atoms with van der Waals surface area (Å²) in [6.07, 6.45) is 0. The fourth-order valence-electron chi connectivity index (χ4n) is 3.07. The number of benzene rings is 2. The maximum atomic E-state index is 12.5. The number of anilines is 2. The summed E-state index contributed by atoms with van der Waals surface area (Å²) in [5.74, 6) is -0.365. The van der Waals surface area contributed by atoms with Crippen LogP contribution in [0.3, 0.4) is 0 Å². The first-order valence-corrected chi connectivity index (χ1v) is 9.13. The van der Waals surface area contributed by atoms with Gasteiger partial charge in [0.1, 0.15) is 0 Å². The first-order chi connectivity index (χ1) is 13.4. The Bertz CT molecular complexity index is 897. The van der Waals surface area contributed by atoms with Crippen LogP contribution in [0.1, 0.15) is 10.4 Å². The Balaban J connectivity index is 1.75. The summed E-state index contributed by atoms with van der Waals surface area (Å²) >= 11 is 6.42. The van der Waals surface area contributed by atoms with E-state index in [9.17, 15) is 14.9 Å². The van der Waals surface area contributed by atoms with Gasteiger partial charge in [-0.3, -0.25) is 14.9 Å². The lowest BCUT2D eigenvalue weighted by molar-refractivity contribution is -0.385. The van der Waals surface area contributed by atoms with Gasteiger partial charge in [-0.05, 0) is 37.4 Å². The van der Waals surface area contributed by atoms with Gasteiger partial charge in [0.25, 0.3) is 5.91 Å². The molecular weight excluding hydrogens is 384 g/mol. The molecule has 148 valence electrons. The third-order valence-electron chi connectivity index (χ3n) is 4.69. The third kappa shape index (κ3) is 4.35. The van der Waals surface area contributed by atoms with E-state index in [4.69, 9.17) is 16.3 Å². The summed E-state index contributed by atoms with van der Waals surface area (Å²) in [6, 6.07) is 9.40. The molecule has 0 unspecified atom stereocenters. The molecule has 9 heteroatoms. The SMILES string of the molecule is COc1ccc(C(=O)Nc2ccc(N3CCN(C)CC3)c(Cl)c2)cc1[N+](=O)[O-]. The molecule has 1 aliphatic rings. The zero-order valence-electron chi connectivity index (χ0n) is 15.6. The van der Waals surface area contributed by atoms with Crippen molar-refractivity contribution < 1.29 is 14.5 Å². The standard InChI is InChI=1S/C19H21ClN4O4/c1-22-7-9-23(10-8-22)16-5-4-14(12-15(16)20)21-19(25)13-3-6-18(28-2)17(11-13)24(26)27/h3-6,11-12H,7-10H2,1-2H3,(H,21,25). The number of halogens is 1. The van der Waals surface area contributed by atoms with Crippen molar-refractivity contribution in [1.29, 1.82) is 0 Å². The Morgan fingerprint density at radius 3 is 2.50 bits per heavy atom. The molecule has 1 aliphatic heterocycles. The van der Waals surface area contributed by atoms with Crippen molar-refractivity contribution in [3.8, 4) is 5.75 Å². The van der Waals surface area contributed by atoms with Crippen molar-refractivity contribution in [3.05, 3.63) is 57.1 Å². The molecule has 28 heavy (non-hydrogen) atoms. The Morgan fingerprint density at radius 1 is 1.18 bits per heavy atom. The minimum Gasteiger partial charge on any atom is -0.490 e. The van der Waals surface area contributed by atoms with Gasteiger partial charge in [0, 0.05) is 43.5 Å². The highest BCUT2D eigenvalue weighted by Crippen LogP contribution is 2.31. The van der Waals surface area contributed by atoms with E-state index in [0.29, 0.717) is 10.7 Å². The highest BCUT2D eigenvalue weighted by atomic mass is 35.5. The third-order valence-corrected chi connectivity index (χ3v) is 4.99. The Kier molecular flexibility index (Phi) is 6.01. The van der Waals surface area contributed by atoms with Crippen LogP contribution in [0, 0.1) is 10.1 Å². The lowest BCUT2D eigenvalue weighted by Gasteiger charge is -2.34. The quantitative estimate of drug-likeness (QED) is 0.608. The Hall–Kier alpha value is -2.84. The summed E-state index contributed by atoms with van der Waals surface area (Å²) in [5, 5.41) is 14.4.